The molecular weight excluding hydrogens is 286 g/mol. The molecule has 1 aliphatic carbocycles. The van der Waals surface area contributed by atoms with Gasteiger partial charge >= 0.3 is 5.97 Å². The zero-order valence-corrected chi connectivity index (χ0v) is 12.3. The third-order valence-electron chi connectivity index (χ3n) is 3.77. The van der Waals surface area contributed by atoms with Crippen molar-refractivity contribution in [3.63, 3.8) is 0 Å². The van der Waals surface area contributed by atoms with Gasteiger partial charge in [-0.1, -0.05) is 0 Å². The first-order chi connectivity index (χ1) is 10.1. The summed E-state index contributed by atoms with van der Waals surface area (Å²) in [5.74, 6) is -0.594. The molecule has 1 saturated carbocycles. The van der Waals surface area contributed by atoms with Crippen LogP contribution in [0, 0.1) is 12.8 Å². The van der Waals surface area contributed by atoms with Crippen molar-refractivity contribution in [3.8, 4) is 0 Å². The second-order valence-corrected chi connectivity index (χ2v) is 6.24. The molecule has 1 fully saturated rings. The highest BCUT2D eigenvalue weighted by atomic mass is 32.1. The number of carboxylic acids is 1. The fourth-order valence-electron chi connectivity index (χ4n) is 2.47. The standard InChI is InChI=1S/C16H15NO3S/c1-9-6-7-21-14(9)12-8-13(12)15(18)17-11-4-2-10(3-5-11)16(19)20/h2-7,12-13H,8H2,1H3,(H,17,18)(H,19,20). The van der Waals surface area contributed by atoms with E-state index in [9.17, 15) is 9.59 Å². The molecule has 2 N–H and O–H groups in total. The van der Waals surface area contributed by atoms with Crippen molar-refractivity contribution < 1.29 is 14.7 Å². The van der Waals surface area contributed by atoms with Crippen molar-refractivity contribution >= 4 is 28.9 Å². The van der Waals surface area contributed by atoms with E-state index in [0.29, 0.717) is 11.6 Å². The minimum atomic E-state index is -0.969. The average Bonchev–Trinajstić information content (AvgIpc) is 3.14. The number of aromatic carboxylic acids is 1. The number of benzene rings is 1. The number of rotatable bonds is 4. The predicted molar refractivity (Wildman–Crippen MR) is 81.9 cm³/mol. The van der Waals surface area contributed by atoms with Crippen LogP contribution in [0.5, 0.6) is 0 Å². The zero-order valence-electron chi connectivity index (χ0n) is 11.5. The van der Waals surface area contributed by atoms with Crippen molar-refractivity contribution in [3.05, 3.63) is 51.7 Å². The van der Waals surface area contributed by atoms with Crippen molar-refractivity contribution in [2.45, 2.75) is 19.3 Å². The summed E-state index contributed by atoms with van der Waals surface area (Å²) in [5.41, 5.74) is 2.11. The maximum absolute atomic E-state index is 12.2. The fourth-order valence-corrected chi connectivity index (χ4v) is 3.58. The fraction of sp³-hybridized carbons (Fsp3) is 0.250. The number of aryl methyl sites for hydroxylation is 1. The molecule has 2 atom stereocenters. The molecule has 1 heterocycles. The molecule has 2 aromatic rings. The first kappa shape index (κ1) is 13.8. The molecule has 5 heteroatoms. The largest absolute Gasteiger partial charge is 0.478 e. The molecule has 4 nitrogen and oxygen atoms in total. The van der Waals surface area contributed by atoms with Crippen LogP contribution in [0.15, 0.2) is 35.7 Å². The summed E-state index contributed by atoms with van der Waals surface area (Å²) in [6, 6.07) is 8.31. The van der Waals surface area contributed by atoms with Gasteiger partial charge in [-0.05, 0) is 54.6 Å². The van der Waals surface area contributed by atoms with Gasteiger partial charge in [0.15, 0.2) is 0 Å². The van der Waals surface area contributed by atoms with Crippen molar-refractivity contribution in [1.82, 2.24) is 0 Å². The number of anilines is 1. The van der Waals surface area contributed by atoms with Crippen LogP contribution in [-0.2, 0) is 4.79 Å². The third-order valence-corrected chi connectivity index (χ3v) is 4.92. The number of amides is 1. The highest BCUT2D eigenvalue weighted by Crippen LogP contribution is 2.50. The summed E-state index contributed by atoms with van der Waals surface area (Å²) in [5, 5.41) is 13.7. The lowest BCUT2D eigenvalue weighted by molar-refractivity contribution is -0.117. The van der Waals surface area contributed by atoms with Crippen LogP contribution < -0.4 is 5.32 Å². The van der Waals surface area contributed by atoms with E-state index in [1.807, 2.05) is 0 Å². The second-order valence-electron chi connectivity index (χ2n) is 5.29. The molecule has 1 aromatic carbocycles. The topological polar surface area (TPSA) is 66.4 Å². The average molecular weight is 301 g/mol. The quantitative estimate of drug-likeness (QED) is 0.908. The minimum absolute atomic E-state index is 0.0101. The number of hydrogen-bond acceptors (Lipinski definition) is 3. The van der Waals surface area contributed by atoms with Crippen molar-refractivity contribution in [2.24, 2.45) is 5.92 Å². The third kappa shape index (κ3) is 2.83. The number of carboxylic acid groups (broad SMARTS) is 1. The Labute approximate surface area is 126 Å². The molecular formula is C16H15NO3S. The molecule has 1 aliphatic rings. The number of nitrogens with one attached hydrogen (secondary N) is 1. The molecule has 3 rings (SSSR count). The van der Waals surface area contributed by atoms with Gasteiger partial charge in [0, 0.05) is 22.4 Å². The van der Waals surface area contributed by atoms with Crippen LogP contribution >= 0.6 is 11.3 Å². The summed E-state index contributed by atoms with van der Waals surface area (Å²) in [6.07, 6.45) is 0.889. The van der Waals surface area contributed by atoms with Crippen molar-refractivity contribution in [2.75, 3.05) is 5.32 Å². The summed E-state index contributed by atoms with van der Waals surface area (Å²) < 4.78 is 0. The van der Waals surface area contributed by atoms with Crippen molar-refractivity contribution in [1.29, 1.82) is 0 Å². The Hall–Kier alpha value is -2.14. The summed E-state index contributed by atoms with van der Waals surface area (Å²) in [4.78, 5) is 24.3. The maximum atomic E-state index is 12.2. The van der Waals surface area contributed by atoms with Gasteiger partial charge in [-0.25, -0.2) is 4.79 Å². The Balaban J connectivity index is 1.63. The van der Waals surface area contributed by atoms with E-state index < -0.39 is 5.97 Å². The summed E-state index contributed by atoms with van der Waals surface area (Å²) >= 11 is 1.71. The second kappa shape index (κ2) is 5.33. The number of carbonyl (C=O) groups excluding carboxylic acids is 1. The van der Waals surface area contributed by atoms with Gasteiger partial charge in [0.05, 0.1) is 5.56 Å². The predicted octanol–water partition coefficient (Wildman–Crippen LogP) is 3.50. The van der Waals surface area contributed by atoms with Crippen LogP contribution in [-0.4, -0.2) is 17.0 Å². The Morgan fingerprint density at radius 1 is 1.24 bits per heavy atom. The van der Waals surface area contributed by atoms with Crippen LogP contribution in [0.25, 0.3) is 0 Å². The Bertz CT molecular complexity index is 690. The van der Waals surface area contributed by atoms with E-state index in [-0.39, 0.29) is 17.4 Å². The monoisotopic (exact) mass is 301 g/mol. The normalized spacial score (nSPS) is 20.0. The van der Waals surface area contributed by atoms with E-state index in [4.69, 9.17) is 5.11 Å². The Morgan fingerprint density at radius 3 is 2.52 bits per heavy atom. The van der Waals surface area contributed by atoms with Gasteiger partial charge in [0.1, 0.15) is 0 Å². The van der Waals surface area contributed by atoms with Crippen LogP contribution in [0.2, 0.25) is 0 Å². The Kier molecular flexibility index (Phi) is 3.51. The van der Waals surface area contributed by atoms with Crippen LogP contribution in [0.4, 0.5) is 5.69 Å². The molecule has 2 unspecified atom stereocenters. The van der Waals surface area contributed by atoms with Gasteiger partial charge in [-0.3, -0.25) is 4.79 Å². The van der Waals surface area contributed by atoms with E-state index in [1.165, 1.54) is 22.6 Å². The smallest absolute Gasteiger partial charge is 0.335 e. The summed E-state index contributed by atoms with van der Waals surface area (Å²) in [6.45, 7) is 2.07. The molecule has 1 amide bonds. The maximum Gasteiger partial charge on any atom is 0.335 e. The first-order valence-electron chi connectivity index (χ1n) is 6.74. The van der Waals surface area contributed by atoms with E-state index in [2.05, 4.69) is 23.7 Å². The molecule has 0 saturated heterocycles. The first-order valence-corrected chi connectivity index (χ1v) is 7.62. The lowest BCUT2D eigenvalue weighted by Crippen LogP contribution is -2.14. The molecule has 108 valence electrons. The number of thiophene rings is 1. The van der Waals surface area contributed by atoms with Gasteiger partial charge in [-0.2, -0.15) is 0 Å². The SMILES string of the molecule is Cc1ccsc1C1CC1C(=O)Nc1ccc(C(=O)O)cc1. The van der Waals surface area contributed by atoms with Gasteiger partial charge in [-0.15, -0.1) is 11.3 Å². The lowest BCUT2D eigenvalue weighted by Gasteiger charge is -2.05. The molecule has 0 bridgehead atoms. The molecule has 21 heavy (non-hydrogen) atoms. The van der Waals surface area contributed by atoms with Crippen LogP contribution in [0.1, 0.15) is 33.1 Å². The lowest BCUT2D eigenvalue weighted by atomic mass is 10.2. The Morgan fingerprint density at radius 2 is 1.95 bits per heavy atom. The van der Waals surface area contributed by atoms with E-state index in [1.54, 1.807) is 23.5 Å². The van der Waals surface area contributed by atoms with E-state index >= 15 is 0 Å². The molecule has 0 radical (unpaired) electrons. The van der Waals surface area contributed by atoms with Gasteiger partial charge in [0.2, 0.25) is 5.91 Å². The van der Waals surface area contributed by atoms with Crippen LogP contribution in [0.3, 0.4) is 0 Å². The molecule has 0 aliphatic heterocycles. The number of hydrogen-bond donors (Lipinski definition) is 2. The molecule has 1 aromatic heterocycles. The number of carbonyl (C=O) groups is 2. The van der Waals surface area contributed by atoms with Gasteiger partial charge in [0.25, 0.3) is 0 Å². The highest BCUT2D eigenvalue weighted by molar-refractivity contribution is 7.10. The minimum Gasteiger partial charge on any atom is -0.478 e. The zero-order chi connectivity index (χ0) is 15.0. The highest BCUT2D eigenvalue weighted by Gasteiger charge is 2.45. The summed E-state index contributed by atoms with van der Waals surface area (Å²) in [7, 11) is 0. The van der Waals surface area contributed by atoms with E-state index in [0.717, 1.165) is 6.42 Å². The van der Waals surface area contributed by atoms with Gasteiger partial charge < -0.3 is 10.4 Å². The molecule has 0 spiro atoms.